The first-order chi connectivity index (χ1) is 12.9. The van der Waals surface area contributed by atoms with Crippen molar-refractivity contribution < 1.29 is 30.9 Å². The number of halogens is 4. The second-order valence-corrected chi connectivity index (χ2v) is 9.45. The molecule has 0 aliphatic carbocycles. The molecule has 12 heteroatoms. The molecule has 2 heterocycles. The van der Waals surface area contributed by atoms with Crippen LogP contribution in [-0.4, -0.2) is 26.7 Å². The number of hydrogen-bond acceptors (Lipinski definition) is 5. The van der Waals surface area contributed by atoms with Crippen LogP contribution < -0.4 is 0 Å². The Balaban J connectivity index is 2.46. The maximum atomic E-state index is 13.2. The number of nitrogens with zero attached hydrogens (tertiary/aromatic N) is 2. The van der Waals surface area contributed by atoms with Gasteiger partial charge in [0.05, 0.1) is 10.6 Å². The highest BCUT2D eigenvalue weighted by molar-refractivity contribution is 8.08. The van der Waals surface area contributed by atoms with E-state index >= 15 is 0 Å². The van der Waals surface area contributed by atoms with Crippen molar-refractivity contribution in [3.63, 3.8) is 0 Å². The summed E-state index contributed by atoms with van der Waals surface area (Å²) in [5.41, 5.74) is -4.20. The zero-order valence-electron chi connectivity index (χ0n) is 14.0. The minimum atomic E-state index is -4.82. The number of rotatable bonds is 4. The number of aromatic nitrogens is 2. The maximum Gasteiger partial charge on any atom is 0.433 e. The predicted molar refractivity (Wildman–Crippen MR) is 97.5 cm³/mol. The molecule has 150 valence electrons. The maximum absolute atomic E-state index is 13.2. The average molecular weight is 453 g/mol. The zero-order chi connectivity index (χ0) is 20.9. The van der Waals surface area contributed by atoms with Gasteiger partial charge in [-0.2, -0.15) is 13.2 Å². The average Bonchev–Trinajstić information content (AvgIpc) is 3.01. The summed E-state index contributed by atoms with van der Waals surface area (Å²) >= 11 is 0. The van der Waals surface area contributed by atoms with E-state index < -0.39 is 48.7 Å². The third kappa shape index (κ3) is 3.54. The van der Waals surface area contributed by atoms with E-state index in [1.807, 2.05) is 0 Å². The number of benzene rings is 1. The smallest absolute Gasteiger partial charge is 0.373 e. The number of hydrogen-bond donors (Lipinski definition) is 1. The van der Waals surface area contributed by atoms with Crippen LogP contribution in [0.4, 0.5) is 13.2 Å². The lowest BCUT2D eigenvalue weighted by atomic mass is 10.1. The van der Waals surface area contributed by atoms with E-state index in [1.165, 1.54) is 31.2 Å². The normalized spacial score (nSPS) is 14.9. The van der Waals surface area contributed by atoms with E-state index in [-0.39, 0.29) is 15.8 Å². The monoisotopic (exact) mass is 452 g/mol. The molecule has 0 aliphatic rings. The van der Waals surface area contributed by atoms with Crippen LogP contribution in [0.1, 0.15) is 22.4 Å². The lowest BCUT2D eigenvalue weighted by molar-refractivity contribution is -0.141. The van der Waals surface area contributed by atoms with E-state index in [2.05, 4.69) is 4.98 Å². The summed E-state index contributed by atoms with van der Waals surface area (Å²) in [4.78, 5) is 3.22. The number of pyridine rings is 1. The Morgan fingerprint density at radius 1 is 1.21 bits per heavy atom. The van der Waals surface area contributed by atoms with Gasteiger partial charge in [0.1, 0.15) is 5.69 Å². The molecule has 1 N–H and O–H groups in total. The molecule has 2 atom stereocenters. The van der Waals surface area contributed by atoms with Crippen molar-refractivity contribution >= 4 is 41.8 Å². The van der Waals surface area contributed by atoms with Crippen LogP contribution in [0.2, 0.25) is 0 Å². The van der Waals surface area contributed by atoms with Gasteiger partial charge in [0.25, 0.3) is 10.0 Å². The van der Waals surface area contributed by atoms with E-state index in [4.69, 9.17) is 10.7 Å². The SMILES string of the molecule is Cc1cc(C(F)(F)F)nc2c1cc(C(O)S(=O)Cl)n2S(=O)(=O)c1ccccc1. The van der Waals surface area contributed by atoms with E-state index in [0.29, 0.717) is 3.97 Å². The van der Waals surface area contributed by atoms with E-state index in [1.54, 1.807) is 6.07 Å². The molecule has 0 fully saturated rings. The summed E-state index contributed by atoms with van der Waals surface area (Å²) < 4.78 is 77.9. The quantitative estimate of drug-likeness (QED) is 0.612. The molecule has 6 nitrogen and oxygen atoms in total. The molecule has 0 bridgehead atoms. The second-order valence-electron chi connectivity index (χ2n) is 5.81. The van der Waals surface area contributed by atoms with Crippen molar-refractivity contribution in [1.82, 2.24) is 8.96 Å². The van der Waals surface area contributed by atoms with Gasteiger partial charge in [-0.25, -0.2) is 21.6 Å². The van der Waals surface area contributed by atoms with Gasteiger partial charge in [-0.3, -0.25) is 0 Å². The van der Waals surface area contributed by atoms with Crippen LogP contribution in [0.25, 0.3) is 11.0 Å². The third-order valence-corrected chi connectivity index (χ3v) is 6.80. The van der Waals surface area contributed by atoms with Gasteiger partial charge < -0.3 is 5.11 Å². The summed E-state index contributed by atoms with van der Waals surface area (Å²) in [7, 11) is -1.49. The molecular formula is C16H12ClF3N2O4S2. The molecule has 3 rings (SSSR count). The second kappa shape index (κ2) is 7.14. The summed E-state index contributed by atoms with van der Waals surface area (Å²) in [5.74, 6) is 0. The predicted octanol–water partition coefficient (Wildman–Crippen LogP) is 3.49. The van der Waals surface area contributed by atoms with Crippen molar-refractivity contribution in [3.8, 4) is 0 Å². The number of aryl methyl sites for hydroxylation is 1. The molecular weight excluding hydrogens is 441 g/mol. The first-order valence-electron chi connectivity index (χ1n) is 7.60. The van der Waals surface area contributed by atoms with Crippen LogP contribution in [0.5, 0.6) is 0 Å². The number of aliphatic hydroxyl groups is 1. The fourth-order valence-corrected chi connectivity index (χ4v) is 4.90. The minimum Gasteiger partial charge on any atom is -0.373 e. The van der Waals surface area contributed by atoms with E-state index in [0.717, 1.165) is 12.1 Å². The summed E-state index contributed by atoms with van der Waals surface area (Å²) in [6, 6.07) is 8.74. The molecule has 0 amide bonds. The molecule has 0 saturated heterocycles. The Morgan fingerprint density at radius 3 is 2.36 bits per heavy atom. The summed E-state index contributed by atoms with van der Waals surface area (Å²) in [6.07, 6.45) is -4.82. The van der Waals surface area contributed by atoms with Gasteiger partial charge in [0.15, 0.2) is 21.1 Å². The molecule has 0 spiro atoms. The van der Waals surface area contributed by atoms with Gasteiger partial charge >= 0.3 is 6.18 Å². The Bertz CT molecular complexity index is 1180. The highest BCUT2D eigenvalue weighted by Gasteiger charge is 2.36. The van der Waals surface area contributed by atoms with Gasteiger partial charge in [0, 0.05) is 5.39 Å². The highest BCUT2D eigenvalue weighted by Crippen LogP contribution is 2.35. The van der Waals surface area contributed by atoms with Crippen molar-refractivity contribution in [1.29, 1.82) is 0 Å². The molecule has 1 aromatic carbocycles. The lowest BCUT2D eigenvalue weighted by Gasteiger charge is -2.14. The Morgan fingerprint density at radius 2 is 1.82 bits per heavy atom. The van der Waals surface area contributed by atoms with Crippen molar-refractivity contribution in [3.05, 3.63) is 59.4 Å². The minimum absolute atomic E-state index is 0.0451. The van der Waals surface area contributed by atoms with E-state index in [9.17, 15) is 30.9 Å². The highest BCUT2D eigenvalue weighted by atomic mass is 35.7. The van der Waals surface area contributed by atoms with Crippen LogP contribution >= 0.6 is 10.7 Å². The van der Waals surface area contributed by atoms with Gasteiger partial charge in [0.2, 0.25) is 0 Å². The molecule has 0 aliphatic heterocycles. The number of fused-ring (bicyclic) bond motifs is 1. The Hall–Kier alpha value is -1.95. The topological polar surface area (TPSA) is 89.3 Å². The van der Waals surface area contributed by atoms with Crippen molar-refractivity contribution in [2.45, 2.75) is 23.4 Å². The van der Waals surface area contributed by atoms with Crippen molar-refractivity contribution in [2.24, 2.45) is 0 Å². The molecule has 28 heavy (non-hydrogen) atoms. The van der Waals surface area contributed by atoms with Gasteiger partial charge in [-0.05, 0) is 47.4 Å². The zero-order valence-corrected chi connectivity index (χ0v) is 16.4. The van der Waals surface area contributed by atoms with Crippen LogP contribution in [-0.2, 0) is 26.2 Å². The largest absolute Gasteiger partial charge is 0.433 e. The molecule has 2 aromatic heterocycles. The van der Waals surface area contributed by atoms with Crippen molar-refractivity contribution in [2.75, 3.05) is 0 Å². The van der Waals surface area contributed by atoms with Gasteiger partial charge in [-0.15, -0.1) is 0 Å². The number of aliphatic hydroxyl groups excluding tert-OH is 1. The van der Waals surface area contributed by atoms with Crippen LogP contribution in [0.3, 0.4) is 0 Å². The third-order valence-electron chi connectivity index (χ3n) is 3.96. The van der Waals surface area contributed by atoms with Gasteiger partial charge in [-0.1, -0.05) is 18.2 Å². The molecule has 0 radical (unpaired) electrons. The first kappa shape index (κ1) is 20.8. The fourth-order valence-electron chi connectivity index (χ4n) is 2.69. The van der Waals surface area contributed by atoms with Crippen LogP contribution in [0.15, 0.2) is 47.4 Å². The fraction of sp³-hybridized carbons (Fsp3) is 0.188. The molecule has 3 aromatic rings. The lowest BCUT2D eigenvalue weighted by Crippen LogP contribution is -2.19. The standard InChI is InChI=1S/C16H12ClF3N2O4S2/c1-9-7-13(16(18,19)20)21-14-11(9)8-12(15(23)27(17)24)22(14)28(25,26)10-5-3-2-4-6-10/h2-8,15,23H,1H3. The van der Waals surface area contributed by atoms with Crippen LogP contribution in [0, 0.1) is 6.92 Å². The summed E-state index contributed by atoms with van der Waals surface area (Å²) in [6.45, 7) is 1.34. The molecule has 2 unspecified atom stereocenters. The Labute approximate surface area is 164 Å². The summed E-state index contributed by atoms with van der Waals surface area (Å²) in [5, 5.41) is 10.2. The first-order valence-corrected chi connectivity index (χ1v) is 11.1. The number of alkyl halides is 3. The Kier molecular flexibility index (Phi) is 5.30. The molecule has 0 saturated carbocycles.